The fourth-order valence-corrected chi connectivity index (χ4v) is 2.32. The highest BCUT2D eigenvalue weighted by Crippen LogP contribution is 2.32. The SMILES string of the molecule is CC(C)(C)CCOc1ccc2c(c1)C(O)CCC2. The molecule has 1 aliphatic rings. The normalized spacial score (nSPS) is 19.4. The Hall–Kier alpha value is -1.02. The van der Waals surface area contributed by atoms with E-state index in [2.05, 4.69) is 26.8 Å². The fraction of sp³-hybridized carbons (Fsp3) is 0.625. The Morgan fingerprint density at radius 3 is 2.83 bits per heavy atom. The summed E-state index contributed by atoms with van der Waals surface area (Å²) in [6.07, 6.45) is 3.76. The third-order valence-corrected chi connectivity index (χ3v) is 3.52. The van der Waals surface area contributed by atoms with Crippen molar-refractivity contribution in [3.8, 4) is 5.75 Å². The zero-order valence-electron chi connectivity index (χ0n) is 11.7. The van der Waals surface area contributed by atoms with Gasteiger partial charge < -0.3 is 9.84 Å². The van der Waals surface area contributed by atoms with E-state index in [0.29, 0.717) is 5.41 Å². The Balaban J connectivity index is 2.00. The number of aliphatic hydroxyl groups is 1. The van der Waals surface area contributed by atoms with Crippen molar-refractivity contribution in [2.24, 2.45) is 5.41 Å². The number of rotatable bonds is 3. The molecule has 0 saturated carbocycles. The second kappa shape index (κ2) is 5.31. The minimum Gasteiger partial charge on any atom is -0.494 e. The molecular weight excluding hydrogens is 224 g/mol. The van der Waals surface area contributed by atoms with Gasteiger partial charge in [0, 0.05) is 0 Å². The summed E-state index contributed by atoms with van der Waals surface area (Å²) in [6, 6.07) is 6.14. The fourth-order valence-electron chi connectivity index (χ4n) is 2.32. The zero-order chi connectivity index (χ0) is 13.2. The highest BCUT2D eigenvalue weighted by molar-refractivity contribution is 5.38. The molecule has 0 aliphatic heterocycles. The van der Waals surface area contributed by atoms with Gasteiger partial charge in [0.1, 0.15) is 5.75 Å². The van der Waals surface area contributed by atoms with Crippen molar-refractivity contribution < 1.29 is 9.84 Å². The van der Waals surface area contributed by atoms with Crippen LogP contribution in [0.3, 0.4) is 0 Å². The third kappa shape index (κ3) is 3.49. The lowest BCUT2D eigenvalue weighted by molar-refractivity contribution is 0.155. The first kappa shape index (κ1) is 13.4. The van der Waals surface area contributed by atoms with E-state index in [1.54, 1.807) is 0 Å². The van der Waals surface area contributed by atoms with E-state index in [9.17, 15) is 5.11 Å². The van der Waals surface area contributed by atoms with Gasteiger partial charge in [-0.2, -0.15) is 0 Å². The largest absolute Gasteiger partial charge is 0.494 e. The quantitative estimate of drug-likeness (QED) is 0.880. The van der Waals surface area contributed by atoms with Gasteiger partial charge in [-0.3, -0.25) is 0 Å². The summed E-state index contributed by atoms with van der Waals surface area (Å²) in [6.45, 7) is 7.38. The number of hydrogen-bond acceptors (Lipinski definition) is 2. The first-order chi connectivity index (χ1) is 8.46. The highest BCUT2D eigenvalue weighted by atomic mass is 16.5. The predicted octanol–water partition coefficient (Wildman–Crippen LogP) is 3.87. The molecule has 100 valence electrons. The first-order valence-electron chi connectivity index (χ1n) is 6.89. The molecular formula is C16H24O2. The van der Waals surface area contributed by atoms with Crippen LogP contribution >= 0.6 is 0 Å². The molecule has 0 radical (unpaired) electrons. The number of benzene rings is 1. The molecule has 1 aliphatic carbocycles. The van der Waals surface area contributed by atoms with Gasteiger partial charge in [-0.05, 0) is 54.4 Å². The summed E-state index contributed by atoms with van der Waals surface area (Å²) in [5, 5.41) is 9.98. The molecule has 0 amide bonds. The number of ether oxygens (including phenoxy) is 1. The van der Waals surface area contributed by atoms with Gasteiger partial charge in [-0.25, -0.2) is 0 Å². The zero-order valence-corrected chi connectivity index (χ0v) is 11.7. The van der Waals surface area contributed by atoms with Crippen LogP contribution in [0.1, 0.15) is 57.3 Å². The molecule has 0 heterocycles. The molecule has 18 heavy (non-hydrogen) atoms. The van der Waals surface area contributed by atoms with Gasteiger partial charge in [0.25, 0.3) is 0 Å². The van der Waals surface area contributed by atoms with Crippen molar-refractivity contribution in [3.63, 3.8) is 0 Å². The van der Waals surface area contributed by atoms with E-state index in [0.717, 1.165) is 43.6 Å². The van der Waals surface area contributed by atoms with Crippen LogP contribution in [0.25, 0.3) is 0 Å². The van der Waals surface area contributed by atoms with Crippen molar-refractivity contribution in [1.29, 1.82) is 0 Å². The van der Waals surface area contributed by atoms with E-state index in [-0.39, 0.29) is 6.10 Å². The summed E-state index contributed by atoms with van der Waals surface area (Å²) in [5.41, 5.74) is 2.64. The van der Waals surface area contributed by atoms with Crippen LogP contribution in [0.4, 0.5) is 0 Å². The number of aliphatic hydroxyl groups excluding tert-OH is 1. The maximum atomic E-state index is 9.98. The summed E-state index contributed by atoms with van der Waals surface area (Å²) < 4.78 is 5.79. The topological polar surface area (TPSA) is 29.5 Å². The van der Waals surface area contributed by atoms with Crippen LogP contribution in [0, 0.1) is 5.41 Å². The highest BCUT2D eigenvalue weighted by Gasteiger charge is 2.18. The minimum absolute atomic E-state index is 0.299. The maximum Gasteiger partial charge on any atom is 0.119 e. The summed E-state index contributed by atoms with van der Waals surface area (Å²) in [7, 11) is 0. The van der Waals surface area contributed by atoms with Crippen LogP contribution in [0.2, 0.25) is 0 Å². The molecule has 1 N–H and O–H groups in total. The van der Waals surface area contributed by atoms with E-state index in [4.69, 9.17) is 4.74 Å². The van der Waals surface area contributed by atoms with Gasteiger partial charge >= 0.3 is 0 Å². The van der Waals surface area contributed by atoms with Crippen LogP contribution in [0.5, 0.6) is 5.75 Å². The van der Waals surface area contributed by atoms with Gasteiger partial charge in [0.05, 0.1) is 12.7 Å². The molecule has 1 aromatic carbocycles. The van der Waals surface area contributed by atoms with Crippen LogP contribution < -0.4 is 4.74 Å². The molecule has 0 spiro atoms. The maximum absolute atomic E-state index is 9.98. The van der Waals surface area contributed by atoms with Gasteiger partial charge in [-0.1, -0.05) is 26.8 Å². The number of fused-ring (bicyclic) bond motifs is 1. The summed E-state index contributed by atoms with van der Waals surface area (Å²) >= 11 is 0. The Kier molecular flexibility index (Phi) is 3.96. The lowest BCUT2D eigenvalue weighted by atomic mass is 9.89. The number of hydrogen-bond donors (Lipinski definition) is 1. The molecule has 2 heteroatoms. The van der Waals surface area contributed by atoms with E-state index >= 15 is 0 Å². The third-order valence-electron chi connectivity index (χ3n) is 3.52. The standard InChI is InChI=1S/C16H24O2/c1-16(2,3)9-10-18-13-8-7-12-5-4-6-15(17)14(12)11-13/h7-8,11,15,17H,4-6,9-10H2,1-3H3. The molecule has 1 unspecified atom stereocenters. The van der Waals surface area contributed by atoms with Crippen LogP contribution in [-0.2, 0) is 6.42 Å². The molecule has 2 rings (SSSR count). The molecule has 1 aromatic rings. The van der Waals surface area contributed by atoms with E-state index < -0.39 is 0 Å². The number of aryl methyl sites for hydroxylation is 1. The molecule has 0 saturated heterocycles. The Bertz CT molecular complexity index is 404. The molecule has 2 nitrogen and oxygen atoms in total. The molecule has 0 bridgehead atoms. The molecule has 1 atom stereocenters. The van der Waals surface area contributed by atoms with E-state index in [1.807, 2.05) is 12.1 Å². The minimum atomic E-state index is -0.306. The summed E-state index contributed by atoms with van der Waals surface area (Å²) in [4.78, 5) is 0. The second-order valence-corrected chi connectivity index (χ2v) is 6.43. The lowest BCUT2D eigenvalue weighted by Gasteiger charge is -2.22. The monoisotopic (exact) mass is 248 g/mol. The van der Waals surface area contributed by atoms with Crippen molar-refractivity contribution in [3.05, 3.63) is 29.3 Å². The van der Waals surface area contributed by atoms with E-state index in [1.165, 1.54) is 5.56 Å². The lowest BCUT2D eigenvalue weighted by Crippen LogP contribution is -2.12. The van der Waals surface area contributed by atoms with Crippen molar-refractivity contribution in [2.45, 2.75) is 52.6 Å². The van der Waals surface area contributed by atoms with Crippen molar-refractivity contribution >= 4 is 0 Å². The first-order valence-corrected chi connectivity index (χ1v) is 6.89. The smallest absolute Gasteiger partial charge is 0.119 e. The molecule has 0 fully saturated rings. The second-order valence-electron chi connectivity index (χ2n) is 6.43. The van der Waals surface area contributed by atoms with Crippen LogP contribution in [0.15, 0.2) is 18.2 Å². The summed E-state index contributed by atoms with van der Waals surface area (Å²) in [5.74, 6) is 0.888. The Labute approximate surface area is 110 Å². The Morgan fingerprint density at radius 1 is 1.33 bits per heavy atom. The van der Waals surface area contributed by atoms with Crippen molar-refractivity contribution in [2.75, 3.05) is 6.61 Å². The average Bonchev–Trinajstić information content (AvgIpc) is 2.28. The van der Waals surface area contributed by atoms with Crippen molar-refractivity contribution in [1.82, 2.24) is 0 Å². The molecule has 0 aromatic heterocycles. The van der Waals surface area contributed by atoms with Gasteiger partial charge in [0.15, 0.2) is 0 Å². The van der Waals surface area contributed by atoms with Gasteiger partial charge in [-0.15, -0.1) is 0 Å². The average molecular weight is 248 g/mol. The van der Waals surface area contributed by atoms with Gasteiger partial charge in [0.2, 0.25) is 0 Å². The van der Waals surface area contributed by atoms with Crippen LogP contribution in [-0.4, -0.2) is 11.7 Å². The predicted molar refractivity (Wildman–Crippen MR) is 73.9 cm³/mol. The Morgan fingerprint density at radius 2 is 2.11 bits per heavy atom.